The summed E-state index contributed by atoms with van der Waals surface area (Å²) in [5.41, 5.74) is 12.2. The van der Waals surface area contributed by atoms with Crippen molar-refractivity contribution in [3.63, 3.8) is 0 Å². The van der Waals surface area contributed by atoms with Crippen molar-refractivity contribution >= 4 is 25.6 Å². The van der Waals surface area contributed by atoms with Crippen molar-refractivity contribution in [3.05, 3.63) is 0 Å². The van der Waals surface area contributed by atoms with Crippen molar-refractivity contribution in [1.82, 2.24) is 12.3 Å². The van der Waals surface area contributed by atoms with Gasteiger partial charge < -0.3 is 45.9 Å². The van der Waals surface area contributed by atoms with Gasteiger partial charge in [0.1, 0.15) is 0 Å². The first-order valence-electron chi connectivity index (χ1n) is 1.87. The highest BCUT2D eigenvalue weighted by Crippen LogP contribution is 1.87. The first-order valence-corrected chi connectivity index (χ1v) is 5.61. The summed E-state index contributed by atoms with van der Waals surface area (Å²) >= 11 is 0. The van der Waals surface area contributed by atoms with Gasteiger partial charge in [-0.25, -0.2) is 25.6 Å². The molecule has 0 aromatic heterocycles. The quantitative estimate of drug-likeness (QED) is 0.349. The molecular weight excluding hydrogens is 259 g/mol. The fourth-order valence-corrected chi connectivity index (χ4v) is 0. The third-order valence-electron chi connectivity index (χ3n) is 0. The van der Waals surface area contributed by atoms with Gasteiger partial charge in [-0.05, 0) is 0 Å². The summed E-state index contributed by atoms with van der Waals surface area (Å²) in [6, 6.07) is 0. The van der Waals surface area contributed by atoms with E-state index in [1.54, 1.807) is 0 Å². The molecule has 0 unspecified atom stereocenters. The number of hydrogen-bond donors (Lipinski definition) is 3. The highest BCUT2D eigenvalue weighted by atomic mass is 31.2. The molecule has 0 saturated carbocycles. The van der Waals surface area contributed by atoms with Crippen molar-refractivity contribution in [2.45, 2.75) is 0 Å². The van der Waals surface area contributed by atoms with Crippen LogP contribution in [0.3, 0.4) is 0 Å². The molecule has 0 amide bonds. The van der Waals surface area contributed by atoms with E-state index < -0.39 is 25.6 Å². The van der Waals surface area contributed by atoms with Gasteiger partial charge in [-0.15, -0.1) is 0 Å². The highest BCUT2D eigenvalue weighted by molar-refractivity contribution is 7.39. The minimum atomic E-state index is -2.62. The van der Waals surface area contributed by atoms with Crippen LogP contribution in [-0.4, -0.2) is 0 Å². The average Bonchev–Trinajstić information content (AvgIpc) is 1.54. The van der Waals surface area contributed by atoms with Gasteiger partial charge in [-0.2, -0.15) is 0 Å². The Bertz CT molecular complexity index is 50.0. The van der Waals surface area contributed by atoms with E-state index >= 15 is 0 Å². The zero-order valence-corrected chi connectivity index (χ0v) is 9.10. The fraction of sp³-hybridized carbons (Fsp3) is 0. The Morgan fingerprint density at radius 2 is 0.500 bits per heavy atom. The minimum Gasteiger partial charge on any atom is -0.830 e. The van der Waals surface area contributed by atoms with Gasteiger partial charge in [0.2, 0.25) is 0 Å². The normalized spacial score (nSPS) is 7.71. The molecule has 0 atom stereocenters. The molecule has 82 valence electrons. The smallest absolute Gasteiger partial charge is 0.830 e. The summed E-state index contributed by atoms with van der Waals surface area (Å²) in [4.78, 5) is 52.9. The zero-order valence-electron chi connectivity index (χ0n) is 6.42. The lowest BCUT2D eigenvalue weighted by Gasteiger charge is -2.22. The largest absolute Gasteiger partial charge is 3.00 e. The Morgan fingerprint density at radius 1 is 0.500 bits per heavy atom. The summed E-state index contributed by atoms with van der Waals surface area (Å²) in [7, 11) is -7.86. The van der Waals surface area contributed by atoms with E-state index in [1.807, 2.05) is 0 Å². The van der Waals surface area contributed by atoms with Crippen LogP contribution in [0.4, 0.5) is 0 Å². The number of rotatable bonds is 0. The average molecular weight is 265 g/mol. The first-order chi connectivity index (χ1) is 5.20. The molecule has 0 spiro atoms. The maximum absolute atomic E-state index is 8.81. The minimum absolute atomic E-state index is 0. The van der Waals surface area contributed by atoms with Crippen LogP contribution in [0.25, 0.3) is 0 Å². The van der Waals surface area contributed by atoms with Crippen LogP contribution in [0.15, 0.2) is 0 Å². The number of nitrogens with zero attached hydrogens (tertiary/aromatic N) is 2. The van der Waals surface area contributed by atoms with Crippen LogP contribution >= 0.6 is 25.6 Å². The molecule has 0 aliphatic heterocycles. The van der Waals surface area contributed by atoms with Crippen molar-refractivity contribution < 1.29 is 29.4 Å². The van der Waals surface area contributed by atoms with E-state index in [-0.39, 0.29) is 12.3 Å². The molecule has 0 aromatic carbocycles. The van der Waals surface area contributed by atoms with Crippen LogP contribution in [0.1, 0.15) is 0 Å². The predicted molar refractivity (Wildman–Crippen MR) is 37.6 cm³/mol. The summed E-state index contributed by atoms with van der Waals surface area (Å²) < 4.78 is 0. The van der Waals surface area contributed by atoms with E-state index in [0.29, 0.717) is 0 Å². The second-order valence-electron chi connectivity index (χ2n) is 0.856. The highest BCUT2D eigenvalue weighted by Gasteiger charge is 3.00. The maximum atomic E-state index is 8.81. The Balaban J connectivity index is -0.0000000270. The van der Waals surface area contributed by atoms with Gasteiger partial charge >= 0.3 is 12.3 Å². The van der Waals surface area contributed by atoms with Crippen LogP contribution in [0.2, 0.25) is 0 Å². The molecule has 4 radical (unpaired) electrons. The fourth-order valence-electron chi connectivity index (χ4n) is 0. The van der Waals surface area contributed by atoms with E-state index in [4.69, 9.17) is 29.4 Å². The topological polar surface area (TPSA) is 277 Å². The molecule has 0 fully saturated rings. The SMILES string of the molecule is NP([O-])[O-].NP([O-])[O-].NP([O-])[O-].[N+3].[N+3]. The van der Waals surface area contributed by atoms with Gasteiger partial charge in [-0.3, -0.25) is 0 Å². The first kappa shape index (κ1) is 29.3. The standard InChI is InChI=1S/3H2NO2P.2N/c3*1-4(2)3;;/h3*1H2;;/q3*-2;2*+3. The Kier molecular flexibility index (Phi) is 48.7. The lowest BCUT2D eigenvalue weighted by Crippen LogP contribution is -2.14. The maximum Gasteiger partial charge on any atom is 3.00 e. The van der Waals surface area contributed by atoms with Crippen LogP contribution in [0.5, 0.6) is 0 Å². The van der Waals surface area contributed by atoms with E-state index in [1.165, 1.54) is 0 Å². The molecule has 0 rings (SSSR count). The lowest BCUT2D eigenvalue weighted by molar-refractivity contribution is -0.294. The molecule has 0 aliphatic carbocycles. The lowest BCUT2D eigenvalue weighted by atomic mass is 13.9. The Hall–Kier alpha value is 0.350. The number of nitrogens with two attached hydrogens (primary N) is 3. The van der Waals surface area contributed by atoms with Gasteiger partial charge in [0.25, 0.3) is 0 Å². The van der Waals surface area contributed by atoms with Gasteiger partial charge in [-0.1, -0.05) is 0 Å². The third kappa shape index (κ3) is 13000. The molecule has 14 heavy (non-hydrogen) atoms. The van der Waals surface area contributed by atoms with Crippen molar-refractivity contribution in [2.75, 3.05) is 0 Å². The van der Waals surface area contributed by atoms with Crippen LogP contribution < -0.4 is 58.2 Å². The molecule has 6 N–H and O–H groups in total. The second kappa shape index (κ2) is 23.3. The molecular formula is H6N5O6P3. The number of hydrogen-bond acceptors (Lipinski definition) is 9. The van der Waals surface area contributed by atoms with Gasteiger partial charge in [0, 0.05) is 0 Å². The third-order valence-corrected chi connectivity index (χ3v) is 0. The van der Waals surface area contributed by atoms with E-state index in [2.05, 4.69) is 16.5 Å². The molecule has 14 heteroatoms. The summed E-state index contributed by atoms with van der Waals surface area (Å²) in [5, 5.41) is 0. The molecule has 0 bridgehead atoms. The molecule has 11 nitrogen and oxygen atoms in total. The molecule has 0 saturated heterocycles. The monoisotopic (exact) mass is 265 g/mol. The Morgan fingerprint density at radius 3 is 0.500 bits per heavy atom. The molecule has 0 aliphatic rings. The van der Waals surface area contributed by atoms with Crippen molar-refractivity contribution in [1.29, 1.82) is 0 Å². The van der Waals surface area contributed by atoms with Gasteiger partial charge in [0.15, 0.2) is 0 Å². The van der Waals surface area contributed by atoms with Gasteiger partial charge in [0.05, 0.1) is 0 Å². The summed E-state index contributed by atoms with van der Waals surface area (Å²) in [6.45, 7) is 0. The second-order valence-corrected chi connectivity index (χ2v) is 2.57. The summed E-state index contributed by atoms with van der Waals surface area (Å²) in [5.74, 6) is 0. The van der Waals surface area contributed by atoms with Crippen molar-refractivity contribution in [3.8, 4) is 0 Å². The van der Waals surface area contributed by atoms with Crippen molar-refractivity contribution in [2.24, 2.45) is 16.5 Å². The zero-order chi connectivity index (χ0) is 10.7. The van der Waals surface area contributed by atoms with Crippen LogP contribution in [0, 0.1) is 0 Å². The predicted octanol–water partition coefficient (Wildman–Crippen LogP) is -7.28. The Labute approximate surface area is 84.6 Å². The van der Waals surface area contributed by atoms with E-state index in [0.717, 1.165) is 0 Å². The van der Waals surface area contributed by atoms with E-state index in [9.17, 15) is 0 Å². The summed E-state index contributed by atoms with van der Waals surface area (Å²) in [6.07, 6.45) is 0. The van der Waals surface area contributed by atoms with Crippen LogP contribution in [-0.2, 0) is 0 Å². The molecule has 0 aromatic rings. The molecule has 0 heterocycles.